The second-order valence-corrected chi connectivity index (χ2v) is 3.89. The van der Waals surface area contributed by atoms with Gasteiger partial charge in [0.25, 0.3) is 0 Å². The molecule has 0 saturated heterocycles. The number of oxime groups is 1. The first-order valence-electron chi connectivity index (χ1n) is 5.20. The van der Waals surface area contributed by atoms with Crippen LogP contribution in [0.2, 0.25) is 0 Å². The van der Waals surface area contributed by atoms with E-state index in [2.05, 4.69) is 21.1 Å². The minimum absolute atomic E-state index is 0.298. The van der Waals surface area contributed by atoms with E-state index in [-0.39, 0.29) is 5.78 Å². The Kier molecular flexibility index (Phi) is 10.5. The molecule has 0 bridgehead atoms. The molecule has 0 radical (unpaired) electrons. The van der Waals surface area contributed by atoms with Crippen molar-refractivity contribution in [3.8, 4) is 0 Å². The molecule has 0 saturated carbocycles. The average Bonchev–Trinajstić information content (AvgIpc) is 2.38. The van der Waals surface area contributed by atoms with Gasteiger partial charge in [-0.3, -0.25) is 4.79 Å². The molecule has 94 valence electrons. The lowest BCUT2D eigenvalue weighted by molar-refractivity contribution is 0.106. The summed E-state index contributed by atoms with van der Waals surface area (Å²) in [4.78, 5) is 10.9. The third-order valence-electron chi connectivity index (χ3n) is 1.78. The van der Waals surface area contributed by atoms with Crippen LogP contribution in [-0.2, 0) is 0 Å². The summed E-state index contributed by atoms with van der Waals surface area (Å²) in [5.41, 5.74) is 0.519. The average molecular weight is 302 g/mol. The molecule has 4 nitrogen and oxygen atoms in total. The first-order chi connectivity index (χ1) is 8.26. The van der Waals surface area contributed by atoms with Crippen LogP contribution in [0, 0.1) is 0 Å². The van der Waals surface area contributed by atoms with Crippen molar-refractivity contribution in [3.05, 3.63) is 35.9 Å². The molecule has 1 aromatic carbocycles. The maximum absolute atomic E-state index is 10.9. The summed E-state index contributed by atoms with van der Waals surface area (Å²) in [5, 5.41) is 19.9. The smallest absolute Gasteiger partial charge is 0.207 e. The zero-order valence-corrected chi connectivity index (χ0v) is 11.0. The van der Waals surface area contributed by atoms with E-state index < -0.39 is 0 Å². The lowest BCUT2D eigenvalue weighted by Gasteiger charge is -1.90. The van der Waals surface area contributed by atoms with E-state index in [4.69, 9.17) is 10.3 Å². The van der Waals surface area contributed by atoms with Gasteiger partial charge in [-0.05, 0) is 12.8 Å². The van der Waals surface area contributed by atoms with Crippen LogP contribution in [0.5, 0.6) is 0 Å². The van der Waals surface area contributed by atoms with Gasteiger partial charge < -0.3 is 10.3 Å². The number of hydrogen-bond acceptors (Lipinski definition) is 4. The lowest BCUT2D eigenvalue weighted by atomic mass is 10.1. The van der Waals surface area contributed by atoms with Gasteiger partial charge in [0, 0.05) is 17.5 Å². The summed E-state index contributed by atoms with van der Waals surface area (Å²) in [6, 6.07) is 8.62. The molecule has 0 unspecified atom stereocenters. The third kappa shape index (κ3) is 8.59. The molecule has 17 heavy (non-hydrogen) atoms. The molecule has 1 aromatic rings. The topological polar surface area (TPSA) is 69.9 Å². The molecule has 2 N–H and O–H groups in total. The fourth-order valence-corrected chi connectivity index (χ4v) is 1.33. The Morgan fingerprint density at radius 3 is 2.35 bits per heavy atom. The Hall–Kier alpha value is -1.20. The number of aliphatic hydroxyl groups excluding tert-OH is 1. The van der Waals surface area contributed by atoms with Crippen LogP contribution >= 0.6 is 15.9 Å². The van der Waals surface area contributed by atoms with Crippen LogP contribution in [0.4, 0.5) is 0 Å². The highest BCUT2D eigenvalue weighted by Gasteiger charge is 1.98. The van der Waals surface area contributed by atoms with E-state index in [0.717, 1.165) is 24.4 Å². The van der Waals surface area contributed by atoms with Crippen LogP contribution in [0.1, 0.15) is 23.2 Å². The van der Waals surface area contributed by atoms with Gasteiger partial charge >= 0.3 is 0 Å². The highest BCUT2D eigenvalue weighted by molar-refractivity contribution is 9.09. The Morgan fingerprint density at radius 1 is 1.29 bits per heavy atom. The van der Waals surface area contributed by atoms with E-state index in [9.17, 15) is 4.79 Å². The van der Waals surface area contributed by atoms with Crippen LogP contribution in [-0.4, -0.2) is 34.2 Å². The van der Waals surface area contributed by atoms with Crippen molar-refractivity contribution < 1.29 is 15.1 Å². The van der Waals surface area contributed by atoms with Crippen molar-refractivity contribution >= 4 is 27.9 Å². The molecular weight excluding hydrogens is 286 g/mol. The fourth-order valence-electron chi connectivity index (χ4n) is 0.936. The summed E-state index contributed by atoms with van der Waals surface area (Å²) >= 11 is 3.24. The van der Waals surface area contributed by atoms with Crippen molar-refractivity contribution in [2.75, 3.05) is 11.9 Å². The van der Waals surface area contributed by atoms with Crippen LogP contribution < -0.4 is 0 Å². The predicted octanol–water partition coefficient (Wildman–Crippen LogP) is 2.48. The summed E-state index contributed by atoms with van der Waals surface area (Å²) in [7, 11) is 0. The number of carbonyl (C=O) groups is 1. The molecule has 0 aliphatic heterocycles. The maximum Gasteiger partial charge on any atom is 0.207 e. The standard InChI is InChI=1S/C8H7NO2.C4H9BrO/c10-8(6-9-11)7-4-2-1-3-5-7;5-3-1-2-4-6/h1-6,11H;6H,1-4H2. The fraction of sp³-hybridized carbons (Fsp3) is 0.333. The molecule has 0 atom stereocenters. The zero-order valence-electron chi connectivity index (χ0n) is 9.42. The number of halogens is 1. The number of alkyl halides is 1. The minimum atomic E-state index is -0.298. The maximum atomic E-state index is 10.9. The minimum Gasteiger partial charge on any atom is -0.411 e. The molecule has 0 fully saturated rings. The second-order valence-electron chi connectivity index (χ2n) is 3.09. The van der Waals surface area contributed by atoms with Crippen molar-refractivity contribution in [2.45, 2.75) is 12.8 Å². The van der Waals surface area contributed by atoms with Gasteiger partial charge in [-0.15, -0.1) is 0 Å². The van der Waals surface area contributed by atoms with Gasteiger partial charge in [0.1, 0.15) is 6.21 Å². The quantitative estimate of drug-likeness (QED) is 0.219. The van der Waals surface area contributed by atoms with Crippen molar-refractivity contribution in [1.29, 1.82) is 0 Å². The van der Waals surface area contributed by atoms with Crippen LogP contribution in [0.15, 0.2) is 35.5 Å². The Labute approximate surface area is 109 Å². The first-order valence-corrected chi connectivity index (χ1v) is 6.32. The predicted molar refractivity (Wildman–Crippen MR) is 71.2 cm³/mol. The van der Waals surface area contributed by atoms with Gasteiger partial charge in [0.15, 0.2) is 0 Å². The molecule has 0 aromatic heterocycles. The van der Waals surface area contributed by atoms with Gasteiger partial charge in [-0.25, -0.2) is 0 Å². The molecule has 0 aliphatic carbocycles. The molecule has 1 rings (SSSR count). The highest BCUT2D eigenvalue weighted by atomic mass is 79.9. The number of hydrogen-bond donors (Lipinski definition) is 2. The normalized spacial score (nSPS) is 9.76. The first kappa shape index (κ1) is 15.8. The number of nitrogens with zero attached hydrogens (tertiary/aromatic N) is 1. The molecule has 0 spiro atoms. The molecule has 5 heteroatoms. The monoisotopic (exact) mass is 301 g/mol. The molecule has 0 aliphatic rings. The number of rotatable bonds is 5. The van der Waals surface area contributed by atoms with Crippen molar-refractivity contribution in [2.24, 2.45) is 5.16 Å². The summed E-state index contributed by atoms with van der Waals surface area (Å²) < 4.78 is 0. The lowest BCUT2D eigenvalue weighted by Crippen LogP contribution is -1.98. The van der Waals surface area contributed by atoms with E-state index in [1.165, 1.54) is 0 Å². The summed E-state index contributed by atoms with van der Waals surface area (Å²) in [6.07, 6.45) is 2.87. The SMILES string of the molecule is O=C(C=NO)c1ccccc1.OCCCCBr. The Bertz CT molecular complexity index is 324. The number of unbranched alkanes of at least 4 members (excludes halogenated alkanes) is 1. The van der Waals surface area contributed by atoms with Crippen molar-refractivity contribution in [1.82, 2.24) is 0 Å². The second kappa shape index (κ2) is 11.3. The number of ketones is 1. The molecule has 0 amide bonds. The summed E-state index contributed by atoms with van der Waals surface area (Å²) in [6.45, 7) is 0.325. The largest absolute Gasteiger partial charge is 0.411 e. The zero-order chi connectivity index (χ0) is 12.9. The Balaban J connectivity index is 0.000000366. The molecular formula is C12H16BrNO3. The van der Waals surface area contributed by atoms with Gasteiger partial charge in [-0.2, -0.15) is 0 Å². The number of Topliss-reactive ketones (excluding diaryl/α,β-unsaturated/α-hetero) is 1. The highest BCUT2D eigenvalue weighted by Crippen LogP contribution is 1.97. The number of carbonyl (C=O) groups excluding carboxylic acids is 1. The van der Waals surface area contributed by atoms with Gasteiger partial charge in [0.2, 0.25) is 5.78 Å². The van der Waals surface area contributed by atoms with Crippen LogP contribution in [0.3, 0.4) is 0 Å². The van der Waals surface area contributed by atoms with E-state index >= 15 is 0 Å². The summed E-state index contributed by atoms with van der Waals surface area (Å²) in [5.74, 6) is -0.298. The van der Waals surface area contributed by atoms with Gasteiger partial charge in [0.05, 0.1) is 0 Å². The van der Waals surface area contributed by atoms with E-state index in [1.54, 1.807) is 24.3 Å². The Morgan fingerprint density at radius 2 is 1.94 bits per heavy atom. The third-order valence-corrected chi connectivity index (χ3v) is 2.34. The number of benzene rings is 1. The van der Waals surface area contributed by atoms with Crippen molar-refractivity contribution in [3.63, 3.8) is 0 Å². The van der Waals surface area contributed by atoms with E-state index in [0.29, 0.717) is 12.2 Å². The molecule has 0 heterocycles. The number of aliphatic hydroxyl groups is 1. The van der Waals surface area contributed by atoms with Gasteiger partial charge in [-0.1, -0.05) is 51.4 Å². The van der Waals surface area contributed by atoms with E-state index in [1.807, 2.05) is 6.07 Å². The van der Waals surface area contributed by atoms with Crippen LogP contribution in [0.25, 0.3) is 0 Å².